The first-order valence-electron chi connectivity index (χ1n) is 8.86. The van der Waals surface area contributed by atoms with Crippen LogP contribution in [0.4, 0.5) is 0 Å². The summed E-state index contributed by atoms with van der Waals surface area (Å²) in [6, 6.07) is 14.2. The Labute approximate surface area is 180 Å². The minimum absolute atomic E-state index is 0.219. The number of halogens is 2. The van der Waals surface area contributed by atoms with E-state index in [9.17, 15) is 14.4 Å². The maximum atomic E-state index is 13.4. The Hall–Kier alpha value is -1.79. The van der Waals surface area contributed by atoms with Gasteiger partial charge in [0.05, 0.1) is 5.41 Å². The molecule has 1 aliphatic rings. The molecule has 3 rings (SSSR count). The molecule has 1 aliphatic heterocycles. The number of benzene rings is 2. The van der Waals surface area contributed by atoms with E-state index in [1.54, 1.807) is 38.1 Å². The lowest BCUT2D eigenvalue weighted by molar-refractivity contribution is -0.187. The fourth-order valence-electron chi connectivity index (χ4n) is 3.64. The van der Waals surface area contributed by atoms with E-state index in [0.29, 0.717) is 5.56 Å². The van der Waals surface area contributed by atoms with E-state index in [-0.39, 0.29) is 18.0 Å². The second kappa shape index (κ2) is 7.56. The van der Waals surface area contributed by atoms with Crippen LogP contribution in [0.3, 0.4) is 0 Å². The van der Waals surface area contributed by atoms with Gasteiger partial charge in [-0.2, -0.15) is 0 Å². The Morgan fingerprint density at radius 3 is 1.96 bits per heavy atom. The zero-order valence-electron chi connectivity index (χ0n) is 15.8. The Kier molecular flexibility index (Phi) is 5.65. The number of hydrogen-bond donors (Lipinski definition) is 0. The molecule has 1 saturated heterocycles. The Balaban J connectivity index is 1.90. The highest BCUT2D eigenvalue weighted by molar-refractivity contribution is 9.10. The summed E-state index contributed by atoms with van der Waals surface area (Å²) in [6.45, 7) is 5.03. The molecule has 2 aromatic rings. The van der Waals surface area contributed by atoms with Gasteiger partial charge in [-0.05, 0) is 50.6 Å². The summed E-state index contributed by atoms with van der Waals surface area (Å²) < 4.78 is 7.48. The second-order valence-corrected chi connectivity index (χ2v) is 9.66. The minimum atomic E-state index is -1.51. The molecule has 0 bridgehead atoms. The van der Waals surface area contributed by atoms with Gasteiger partial charge in [0.2, 0.25) is 0 Å². The van der Waals surface area contributed by atoms with Crippen molar-refractivity contribution in [3.8, 4) is 0 Å². The van der Waals surface area contributed by atoms with Gasteiger partial charge in [0.15, 0.2) is 11.6 Å². The molecular formula is C22H20Br2O4. The van der Waals surface area contributed by atoms with E-state index in [1.165, 1.54) is 6.92 Å². The van der Waals surface area contributed by atoms with Crippen molar-refractivity contribution in [2.75, 3.05) is 0 Å². The zero-order valence-corrected chi connectivity index (χ0v) is 19.0. The van der Waals surface area contributed by atoms with Gasteiger partial charge in [0.25, 0.3) is 0 Å². The summed E-state index contributed by atoms with van der Waals surface area (Å²) in [4.78, 5) is 39.0. The van der Waals surface area contributed by atoms with Crippen LogP contribution in [0.5, 0.6) is 0 Å². The van der Waals surface area contributed by atoms with E-state index in [2.05, 4.69) is 31.9 Å². The first kappa shape index (κ1) is 20.9. The number of ketones is 2. The van der Waals surface area contributed by atoms with Gasteiger partial charge in [-0.3, -0.25) is 14.4 Å². The summed E-state index contributed by atoms with van der Waals surface area (Å²) in [5, 5.41) is 0. The quantitative estimate of drug-likeness (QED) is 0.303. The van der Waals surface area contributed by atoms with Crippen LogP contribution < -0.4 is 0 Å². The molecule has 28 heavy (non-hydrogen) atoms. The maximum Gasteiger partial charge on any atom is 0.320 e. The standard InChI is InChI=1S/C22H20Br2O4/c1-21(2)18(14-6-10-16(24)11-7-14)28-20(27)22(3,19(21)26)12-17(25)13-4-8-15(23)9-5-13/h4-11,18H,12H2,1-3H3/t18-,22-/m1/s1. The van der Waals surface area contributed by atoms with Crippen LogP contribution in [0.25, 0.3) is 0 Å². The van der Waals surface area contributed by atoms with Crippen LogP contribution in [-0.4, -0.2) is 17.5 Å². The number of Topliss-reactive ketones (excluding diaryl/α,β-unsaturated/α-hetero) is 2. The Bertz CT molecular complexity index is 932. The smallest absolute Gasteiger partial charge is 0.320 e. The fourth-order valence-corrected chi connectivity index (χ4v) is 4.17. The Morgan fingerprint density at radius 1 is 0.929 bits per heavy atom. The third-order valence-corrected chi connectivity index (χ3v) is 6.33. The van der Waals surface area contributed by atoms with E-state index in [4.69, 9.17) is 4.74 Å². The normalized spacial score (nSPS) is 24.0. The van der Waals surface area contributed by atoms with Crippen LogP contribution in [0.15, 0.2) is 57.5 Å². The molecule has 1 fully saturated rings. The number of esters is 1. The molecule has 4 nitrogen and oxygen atoms in total. The lowest BCUT2D eigenvalue weighted by atomic mass is 9.64. The molecule has 2 atom stereocenters. The molecule has 0 aromatic heterocycles. The molecule has 0 spiro atoms. The van der Waals surface area contributed by atoms with Crippen molar-refractivity contribution in [3.05, 3.63) is 68.6 Å². The summed E-state index contributed by atoms with van der Waals surface area (Å²) in [6.07, 6.45) is -0.917. The molecular weight excluding hydrogens is 488 g/mol. The summed E-state index contributed by atoms with van der Waals surface area (Å²) >= 11 is 6.71. The highest BCUT2D eigenvalue weighted by Crippen LogP contribution is 2.49. The highest BCUT2D eigenvalue weighted by atomic mass is 79.9. The maximum absolute atomic E-state index is 13.4. The van der Waals surface area contributed by atoms with Crippen molar-refractivity contribution < 1.29 is 19.1 Å². The SMILES string of the molecule is CC1(C)C(=O)[C@@](C)(CC(=O)c2ccc(Br)cc2)C(=O)O[C@@H]1c1ccc(Br)cc1. The summed E-state index contributed by atoms with van der Waals surface area (Å²) in [5.41, 5.74) is -1.27. The number of carbonyl (C=O) groups is 3. The first-order valence-corrected chi connectivity index (χ1v) is 10.4. The summed E-state index contributed by atoms with van der Waals surface area (Å²) in [5.74, 6) is -1.21. The van der Waals surface area contributed by atoms with Crippen LogP contribution in [0.2, 0.25) is 0 Å². The number of ether oxygens (including phenoxy) is 1. The predicted molar refractivity (Wildman–Crippen MR) is 113 cm³/mol. The monoisotopic (exact) mass is 506 g/mol. The molecule has 0 N–H and O–H groups in total. The molecule has 0 aliphatic carbocycles. The molecule has 0 unspecified atom stereocenters. The molecule has 2 aromatic carbocycles. The van der Waals surface area contributed by atoms with Gasteiger partial charge in [-0.25, -0.2) is 0 Å². The zero-order chi connectivity index (χ0) is 20.7. The van der Waals surface area contributed by atoms with Gasteiger partial charge in [0.1, 0.15) is 11.5 Å². The molecule has 1 heterocycles. The van der Waals surface area contributed by atoms with Crippen LogP contribution >= 0.6 is 31.9 Å². The molecule has 6 heteroatoms. The lowest BCUT2D eigenvalue weighted by Gasteiger charge is -2.44. The summed E-state index contributed by atoms with van der Waals surface area (Å²) in [7, 11) is 0. The fraction of sp³-hybridized carbons (Fsp3) is 0.318. The van der Waals surface area contributed by atoms with Crippen molar-refractivity contribution in [2.45, 2.75) is 33.3 Å². The van der Waals surface area contributed by atoms with Crippen molar-refractivity contribution >= 4 is 49.4 Å². The number of rotatable bonds is 4. The second-order valence-electron chi connectivity index (χ2n) is 7.83. The topological polar surface area (TPSA) is 60.4 Å². The highest BCUT2D eigenvalue weighted by Gasteiger charge is 2.58. The predicted octanol–water partition coefficient (Wildman–Crippen LogP) is 5.68. The largest absolute Gasteiger partial charge is 0.456 e. The number of hydrogen-bond acceptors (Lipinski definition) is 4. The third kappa shape index (κ3) is 3.72. The average Bonchev–Trinajstić information content (AvgIpc) is 2.65. The van der Waals surface area contributed by atoms with Crippen LogP contribution in [0, 0.1) is 10.8 Å². The lowest BCUT2D eigenvalue weighted by Crippen LogP contribution is -2.54. The van der Waals surface area contributed by atoms with Crippen molar-refractivity contribution in [1.82, 2.24) is 0 Å². The van der Waals surface area contributed by atoms with Gasteiger partial charge in [-0.15, -0.1) is 0 Å². The molecule has 146 valence electrons. The van der Waals surface area contributed by atoms with E-state index in [0.717, 1.165) is 14.5 Å². The molecule has 0 amide bonds. The van der Waals surface area contributed by atoms with Crippen LogP contribution in [0.1, 0.15) is 49.2 Å². The van der Waals surface area contributed by atoms with Gasteiger partial charge in [0, 0.05) is 20.9 Å². The van der Waals surface area contributed by atoms with E-state index < -0.39 is 22.9 Å². The Morgan fingerprint density at radius 2 is 1.43 bits per heavy atom. The number of carbonyl (C=O) groups excluding carboxylic acids is 3. The minimum Gasteiger partial charge on any atom is -0.456 e. The molecule has 0 saturated carbocycles. The van der Waals surface area contributed by atoms with Crippen molar-refractivity contribution in [2.24, 2.45) is 10.8 Å². The number of cyclic esters (lactones) is 1. The average molecular weight is 508 g/mol. The van der Waals surface area contributed by atoms with Gasteiger partial charge in [-0.1, -0.05) is 56.1 Å². The third-order valence-electron chi connectivity index (χ3n) is 5.27. The van der Waals surface area contributed by atoms with Crippen molar-refractivity contribution in [1.29, 1.82) is 0 Å². The first-order chi connectivity index (χ1) is 13.1. The molecule has 0 radical (unpaired) electrons. The van der Waals surface area contributed by atoms with Gasteiger partial charge >= 0.3 is 5.97 Å². The van der Waals surface area contributed by atoms with Crippen LogP contribution in [-0.2, 0) is 14.3 Å². The van der Waals surface area contributed by atoms with Gasteiger partial charge < -0.3 is 4.74 Å². The van der Waals surface area contributed by atoms with Crippen molar-refractivity contribution in [3.63, 3.8) is 0 Å². The van der Waals surface area contributed by atoms with E-state index in [1.807, 2.05) is 24.3 Å². The van der Waals surface area contributed by atoms with E-state index >= 15 is 0 Å².